The smallest absolute Gasteiger partial charge is 0.254 e. The molecule has 0 unspecified atom stereocenters. The van der Waals surface area contributed by atoms with Crippen LogP contribution >= 0.6 is 11.6 Å². The molecule has 1 aromatic carbocycles. The van der Waals surface area contributed by atoms with Crippen molar-refractivity contribution in [3.8, 4) is 0 Å². The third kappa shape index (κ3) is 2.73. The number of halogens is 2. The van der Waals surface area contributed by atoms with Crippen LogP contribution in [0.5, 0.6) is 0 Å². The van der Waals surface area contributed by atoms with Crippen LogP contribution in [0.1, 0.15) is 16.1 Å². The number of hydrogen-bond donors (Lipinski definition) is 1. The highest BCUT2D eigenvalue weighted by molar-refractivity contribution is 6.29. The molecule has 3 aromatic rings. The summed E-state index contributed by atoms with van der Waals surface area (Å²) in [6, 6.07) is 11.2. The molecule has 1 N–H and O–H groups in total. The SMILES string of the molecule is O=C(NCc1cn2c(Cl)cccc2n1)c1ccccc1F. The van der Waals surface area contributed by atoms with Crippen LogP contribution in [0.25, 0.3) is 5.65 Å². The zero-order valence-electron chi connectivity index (χ0n) is 10.9. The summed E-state index contributed by atoms with van der Waals surface area (Å²) in [4.78, 5) is 16.2. The summed E-state index contributed by atoms with van der Waals surface area (Å²) in [5.74, 6) is -1.02. The number of rotatable bonds is 3. The Labute approximate surface area is 125 Å². The van der Waals surface area contributed by atoms with Crippen LogP contribution in [0, 0.1) is 5.82 Å². The first-order valence-corrected chi connectivity index (χ1v) is 6.68. The number of fused-ring (bicyclic) bond motifs is 1. The number of nitrogens with one attached hydrogen (secondary N) is 1. The average Bonchev–Trinajstić information content (AvgIpc) is 2.90. The zero-order chi connectivity index (χ0) is 14.8. The predicted molar refractivity (Wildman–Crippen MR) is 77.8 cm³/mol. The molecule has 2 heterocycles. The Morgan fingerprint density at radius 2 is 2.05 bits per heavy atom. The van der Waals surface area contributed by atoms with Crippen molar-refractivity contribution in [1.82, 2.24) is 14.7 Å². The molecule has 1 amide bonds. The van der Waals surface area contributed by atoms with Crippen molar-refractivity contribution in [2.75, 3.05) is 0 Å². The van der Waals surface area contributed by atoms with E-state index < -0.39 is 11.7 Å². The molecule has 0 bridgehead atoms. The molecule has 0 spiro atoms. The maximum absolute atomic E-state index is 13.5. The predicted octanol–water partition coefficient (Wildman–Crippen LogP) is 3.06. The van der Waals surface area contributed by atoms with E-state index in [4.69, 9.17) is 11.6 Å². The summed E-state index contributed by atoms with van der Waals surface area (Å²) < 4.78 is 15.2. The molecule has 0 aliphatic heterocycles. The minimum Gasteiger partial charge on any atom is -0.346 e. The van der Waals surface area contributed by atoms with Crippen molar-refractivity contribution in [3.63, 3.8) is 0 Å². The van der Waals surface area contributed by atoms with Crippen molar-refractivity contribution < 1.29 is 9.18 Å². The van der Waals surface area contributed by atoms with Crippen molar-refractivity contribution in [3.05, 3.63) is 70.9 Å². The van der Waals surface area contributed by atoms with E-state index in [0.717, 1.165) is 0 Å². The summed E-state index contributed by atoms with van der Waals surface area (Å²) in [7, 11) is 0. The summed E-state index contributed by atoms with van der Waals surface area (Å²) in [6.07, 6.45) is 1.74. The van der Waals surface area contributed by atoms with E-state index in [1.807, 2.05) is 6.07 Å². The topological polar surface area (TPSA) is 46.4 Å². The lowest BCUT2D eigenvalue weighted by molar-refractivity contribution is 0.0946. The minimum absolute atomic E-state index is 0.0132. The molecule has 0 aliphatic carbocycles. The number of imidazole rings is 1. The van der Waals surface area contributed by atoms with Crippen LogP contribution in [0.3, 0.4) is 0 Å². The van der Waals surface area contributed by atoms with Crippen molar-refractivity contribution in [2.24, 2.45) is 0 Å². The van der Waals surface area contributed by atoms with Crippen LogP contribution in [-0.4, -0.2) is 15.3 Å². The highest BCUT2D eigenvalue weighted by Crippen LogP contribution is 2.13. The number of carbonyl (C=O) groups excluding carboxylic acids is 1. The molecular formula is C15H11ClFN3O. The Bertz CT molecular complexity index is 816. The van der Waals surface area contributed by atoms with Crippen molar-refractivity contribution >= 4 is 23.2 Å². The molecular weight excluding hydrogens is 293 g/mol. The summed E-state index contributed by atoms with van der Waals surface area (Å²) in [5.41, 5.74) is 1.35. The lowest BCUT2D eigenvalue weighted by Gasteiger charge is -2.03. The van der Waals surface area contributed by atoms with Gasteiger partial charge in [-0.25, -0.2) is 9.37 Å². The summed E-state index contributed by atoms with van der Waals surface area (Å²) in [5, 5.41) is 3.17. The van der Waals surface area contributed by atoms with Gasteiger partial charge in [0, 0.05) is 6.20 Å². The maximum Gasteiger partial charge on any atom is 0.254 e. The van der Waals surface area contributed by atoms with Crippen molar-refractivity contribution in [2.45, 2.75) is 6.54 Å². The van der Waals surface area contributed by atoms with Crippen LogP contribution < -0.4 is 5.32 Å². The second-order valence-electron chi connectivity index (χ2n) is 4.47. The number of benzene rings is 1. The lowest BCUT2D eigenvalue weighted by Crippen LogP contribution is -2.23. The molecule has 106 valence electrons. The molecule has 0 fully saturated rings. The third-order valence-electron chi connectivity index (χ3n) is 3.04. The van der Waals surface area contributed by atoms with Gasteiger partial charge in [-0.1, -0.05) is 29.8 Å². The normalized spacial score (nSPS) is 10.8. The summed E-state index contributed by atoms with van der Waals surface area (Å²) >= 11 is 6.04. The number of carbonyl (C=O) groups is 1. The molecule has 0 saturated heterocycles. The Kier molecular flexibility index (Phi) is 3.58. The molecule has 0 saturated carbocycles. The molecule has 2 aromatic heterocycles. The molecule has 0 radical (unpaired) electrons. The van der Waals surface area contributed by atoms with Crippen LogP contribution in [0.4, 0.5) is 4.39 Å². The number of nitrogens with zero attached hydrogens (tertiary/aromatic N) is 2. The van der Waals surface area contributed by atoms with Gasteiger partial charge >= 0.3 is 0 Å². The quantitative estimate of drug-likeness (QED) is 0.756. The monoisotopic (exact) mass is 303 g/mol. The van der Waals surface area contributed by atoms with E-state index in [0.29, 0.717) is 16.5 Å². The van der Waals surface area contributed by atoms with Gasteiger partial charge in [-0.05, 0) is 24.3 Å². The molecule has 3 rings (SSSR count). The van der Waals surface area contributed by atoms with Gasteiger partial charge in [-0.15, -0.1) is 0 Å². The first kappa shape index (κ1) is 13.6. The van der Waals surface area contributed by atoms with Crippen molar-refractivity contribution in [1.29, 1.82) is 0 Å². The standard InChI is InChI=1S/C15H11ClFN3O/c16-13-6-3-7-14-19-10(9-20(13)14)8-18-15(21)11-4-1-2-5-12(11)17/h1-7,9H,8H2,(H,18,21). The Hall–Kier alpha value is -2.40. The van der Waals surface area contributed by atoms with E-state index in [9.17, 15) is 9.18 Å². The first-order chi connectivity index (χ1) is 10.1. The highest BCUT2D eigenvalue weighted by atomic mass is 35.5. The van der Waals surface area contributed by atoms with Gasteiger partial charge in [0.25, 0.3) is 5.91 Å². The number of pyridine rings is 1. The third-order valence-corrected chi connectivity index (χ3v) is 3.35. The molecule has 0 aliphatic rings. The molecule has 6 heteroatoms. The highest BCUT2D eigenvalue weighted by Gasteiger charge is 2.11. The largest absolute Gasteiger partial charge is 0.346 e. The Morgan fingerprint density at radius 3 is 2.81 bits per heavy atom. The fourth-order valence-electron chi connectivity index (χ4n) is 2.02. The molecule has 21 heavy (non-hydrogen) atoms. The number of amides is 1. The van der Waals surface area contributed by atoms with Gasteiger partial charge in [0.15, 0.2) is 0 Å². The fraction of sp³-hybridized carbons (Fsp3) is 0.0667. The maximum atomic E-state index is 13.5. The number of aromatic nitrogens is 2. The van der Waals surface area contributed by atoms with E-state index in [2.05, 4.69) is 10.3 Å². The van der Waals surface area contributed by atoms with Crippen LogP contribution in [0.2, 0.25) is 5.15 Å². The minimum atomic E-state index is -0.548. The van der Waals surface area contributed by atoms with Gasteiger partial charge in [0.2, 0.25) is 0 Å². The second kappa shape index (κ2) is 5.54. The van der Waals surface area contributed by atoms with E-state index in [-0.39, 0.29) is 12.1 Å². The second-order valence-corrected chi connectivity index (χ2v) is 4.86. The van der Waals surface area contributed by atoms with Gasteiger partial charge in [-0.2, -0.15) is 0 Å². The van der Waals surface area contributed by atoms with E-state index >= 15 is 0 Å². The van der Waals surface area contributed by atoms with Gasteiger partial charge < -0.3 is 5.32 Å². The molecule has 4 nitrogen and oxygen atoms in total. The Balaban J connectivity index is 1.76. The lowest BCUT2D eigenvalue weighted by atomic mass is 10.2. The average molecular weight is 304 g/mol. The van der Waals surface area contributed by atoms with Gasteiger partial charge in [0.05, 0.1) is 17.8 Å². The zero-order valence-corrected chi connectivity index (χ0v) is 11.6. The molecule has 0 atom stereocenters. The fourth-order valence-corrected chi connectivity index (χ4v) is 2.23. The van der Waals surface area contributed by atoms with E-state index in [1.54, 1.807) is 28.8 Å². The number of hydrogen-bond acceptors (Lipinski definition) is 2. The summed E-state index contributed by atoms with van der Waals surface area (Å²) in [6.45, 7) is 0.200. The van der Waals surface area contributed by atoms with Gasteiger partial charge in [0.1, 0.15) is 16.6 Å². The van der Waals surface area contributed by atoms with Gasteiger partial charge in [-0.3, -0.25) is 9.20 Å². The van der Waals surface area contributed by atoms with Crippen LogP contribution in [-0.2, 0) is 6.54 Å². The Morgan fingerprint density at radius 1 is 1.24 bits per heavy atom. The first-order valence-electron chi connectivity index (χ1n) is 6.30. The van der Waals surface area contributed by atoms with E-state index in [1.165, 1.54) is 18.2 Å². The van der Waals surface area contributed by atoms with Crippen LogP contribution in [0.15, 0.2) is 48.7 Å².